The van der Waals surface area contributed by atoms with Crippen LogP contribution in [-0.2, 0) is 6.42 Å². The van der Waals surface area contributed by atoms with Gasteiger partial charge in [-0.15, -0.1) is 0 Å². The van der Waals surface area contributed by atoms with Crippen LogP contribution in [0.3, 0.4) is 0 Å². The molecule has 0 heterocycles. The molecule has 0 saturated carbocycles. The summed E-state index contributed by atoms with van der Waals surface area (Å²) in [4.78, 5) is 2.84. The summed E-state index contributed by atoms with van der Waals surface area (Å²) in [6.07, 6.45) is 0.946. The largest absolute Gasteiger partial charge is 0.493 e. The lowest BCUT2D eigenvalue weighted by molar-refractivity contribution is 0.159. The van der Waals surface area contributed by atoms with Crippen molar-refractivity contribution in [3.63, 3.8) is 0 Å². The molecule has 1 aliphatic carbocycles. The summed E-state index contributed by atoms with van der Waals surface area (Å²) in [5.41, 5.74) is 10.2. The fraction of sp³-hybridized carbons (Fsp3) is 0.571. The number of azide groups is 1. The van der Waals surface area contributed by atoms with Crippen LogP contribution in [0, 0.1) is 0 Å². The smallest absolute Gasteiger partial charge is 0.203 e. The van der Waals surface area contributed by atoms with Gasteiger partial charge in [0.15, 0.2) is 11.5 Å². The Labute approximate surface area is 123 Å². The Morgan fingerprint density at radius 1 is 1.24 bits per heavy atom. The highest BCUT2D eigenvalue weighted by Crippen LogP contribution is 2.46. The van der Waals surface area contributed by atoms with Crippen LogP contribution < -0.4 is 14.2 Å². The van der Waals surface area contributed by atoms with Gasteiger partial charge in [0.05, 0.1) is 27.4 Å². The van der Waals surface area contributed by atoms with E-state index in [9.17, 15) is 5.11 Å². The lowest BCUT2D eigenvalue weighted by atomic mass is 9.98. The van der Waals surface area contributed by atoms with Gasteiger partial charge in [-0.25, -0.2) is 0 Å². The predicted octanol–water partition coefficient (Wildman–Crippen LogP) is 2.76. The van der Waals surface area contributed by atoms with E-state index >= 15 is 0 Å². The number of hydrogen-bond acceptors (Lipinski definition) is 5. The van der Waals surface area contributed by atoms with Gasteiger partial charge in [-0.1, -0.05) is 5.11 Å². The van der Waals surface area contributed by atoms with Crippen molar-refractivity contribution in [3.05, 3.63) is 27.6 Å². The van der Waals surface area contributed by atoms with Crippen LogP contribution in [-0.4, -0.2) is 32.5 Å². The minimum Gasteiger partial charge on any atom is -0.493 e. The van der Waals surface area contributed by atoms with Gasteiger partial charge in [0.2, 0.25) is 5.75 Å². The first-order valence-corrected chi connectivity index (χ1v) is 6.70. The number of rotatable bonds is 4. The molecule has 0 saturated heterocycles. The van der Waals surface area contributed by atoms with Gasteiger partial charge in [-0.2, -0.15) is 0 Å². The van der Waals surface area contributed by atoms with Gasteiger partial charge in [-0.3, -0.25) is 0 Å². The maximum absolute atomic E-state index is 10.4. The molecule has 1 aliphatic rings. The van der Waals surface area contributed by atoms with Gasteiger partial charge in [0.25, 0.3) is 0 Å². The third-order valence-electron chi connectivity index (χ3n) is 3.76. The zero-order valence-corrected chi connectivity index (χ0v) is 12.4. The van der Waals surface area contributed by atoms with E-state index in [2.05, 4.69) is 10.0 Å². The molecule has 2 unspecified atom stereocenters. The van der Waals surface area contributed by atoms with Crippen LogP contribution in [0.25, 0.3) is 10.4 Å². The number of fused-ring (bicyclic) bond motifs is 1. The van der Waals surface area contributed by atoms with Crippen LogP contribution in [0.4, 0.5) is 0 Å². The molecule has 1 N–H and O–H groups in total. The number of methoxy groups -OCH3 is 3. The lowest BCUT2D eigenvalue weighted by Crippen LogP contribution is -2.07. The lowest BCUT2D eigenvalue weighted by Gasteiger charge is -2.20. The molecule has 0 aliphatic heterocycles. The second-order valence-corrected chi connectivity index (χ2v) is 4.86. The molecule has 0 aromatic heterocycles. The number of nitrogens with zero attached hydrogens (tertiary/aromatic N) is 3. The summed E-state index contributed by atoms with van der Waals surface area (Å²) in [5, 5.41) is 14.1. The maximum atomic E-state index is 10.4. The van der Waals surface area contributed by atoms with Gasteiger partial charge in [0.1, 0.15) is 0 Å². The summed E-state index contributed by atoms with van der Waals surface area (Å²) in [6.45, 7) is 0. The normalized spacial score (nSPS) is 20.8. The molecular weight excluding hydrogens is 274 g/mol. The molecule has 0 amide bonds. The van der Waals surface area contributed by atoms with E-state index in [1.165, 1.54) is 7.11 Å². The van der Waals surface area contributed by atoms with Crippen LogP contribution in [0.5, 0.6) is 17.2 Å². The second kappa shape index (κ2) is 6.56. The van der Waals surface area contributed by atoms with Crippen molar-refractivity contribution in [1.82, 2.24) is 0 Å². The van der Waals surface area contributed by atoms with E-state index < -0.39 is 6.10 Å². The first-order chi connectivity index (χ1) is 10.2. The average molecular weight is 293 g/mol. The van der Waals surface area contributed by atoms with E-state index in [1.807, 2.05) is 0 Å². The van der Waals surface area contributed by atoms with Gasteiger partial charge in [-0.05, 0) is 36.4 Å². The molecule has 0 spiro atoms. The third kappa shape index (κ3) is 2.84. The molecule has 1 aromatic rings. The molecule has 1 aromatic carbocycles. The fourth-order valence-electron chi connectivity index (χ4n) is 2.78. The average Bonchev–Trinajstić information content (AvgIpc) is 2.65. The van der Waals surface area contributed by atoms with E-state index in [-0.39, 0.29) is 6.04 Å². The van der Waals surface area contributed by atoms with E-state index in [0.717, 1.165) is 11.1 Å². The third-order valence-corrected chi connectivity index (χ3v) is 3.76. The Kier molecular flexibility index (Phi) is 4.77. The van der Waals surface area contributed by atoms with Crippen molar-refractivity contribution in [3.8, 4) is 17.2 Å². The zero-order chi connectivity index (χ0) is 15.4. The topological polar surface area (TPSA) is 96.7 Å². The summed E-state index contributed by atoms with van der Waals surface area (Å²) in [5.74, 6) is 1.58. The van der Waals surface area contributed by atoms with Crippen molar-refractivity contribution >= 4 is 0 Å². The highest BCUT2D eigenvalue weighted by atomic mass is 16.5. The molecular formula is C14H19N3O4. The summed E-state index contributed by atoms with van der Waals surface area (Å²) in [6, 6.07) is 1.53. The first-order valence-electron chi connectivity index (χ1n) is 6.70. The van der Waals surface area contributed by atoms with Crippen molar-refractivity contribution in [2.24, 2.45) is 5.11 Å². The number of benzene rings is 1. The Bertz CT molecular complexity index is 570. The monoisotopic (exact) mass is 293 g/mol. The molecule has 0 bridgehead atoms. The van der Waals surface area contributed by atoms with E-state index in [1.54, 1.807) is 20.3 Å². The first kappa shape index (κ1) is 15.3. The van der Waals surface area contributed by atoms with Crippen LogP contribution in [0.1, 0.15) is 30.1 Å². The van der Waals surface area contributed by atoms with Crippen molar-refractivity contribution in [2.45, 2.75) is 31.4 Å². The predicted molar refractivity (Wildman–Crippen MR) is 76.9 cm³/mol. The van der Waals surface area contributed by atoms with Crippen LogP contribution in [0.15, 0.2) is 11.2 Å². The minimum absolute atomic E-state index is 0.237. The molecule has 7 heteroatoms. The Hall–Kier alpha value is -2.11. The van der Waals surface area contributed by atoms with Crippen molar-refractivity contribution < 1.29 is 19.3 Å². The van der Waals surface area contributed by atoms with Gasteiger partial charge < -0.3 is 19.3 Å². The summed E-state index contributed by atoms with van der Waals surface area (Å²) < 4.78 is 16.1. The Morgan fingerprint density at radius 2 is 1.95 bits per heavy atom. The van der Waals surface area contributed by atoms with Crippen molar-refractivity contribution in [1.29, 1.82) is 0 Å². The molecule has 7 nitrogen and oxygen atoms in total. The quantitative estimate of drug-likeness (QED) is 0.399. The Morgan fingerprint density at radius 3 is 2.52 bits per heavy atom. The number of hydrogen-bond donors (Lipinski definition) is 1. The standard InChI is InChI=1S/C14H19N3O4/c1-19-12-7-10-9(13(20-2)14(12)21-3)5-4-8(16-17-15)6-11(10)18/h7-8,11,18H,4-6H2,1-3H3. The highest BCUT2D eigenvalue weighted by Gasteiger charge is 2.28. The zero-order valence-electron chi connectivity index (χ0n) is 12.4. The molecule has 0 radical (unpaired) electrons. The highest BCUT2D eigenvalue weighted by molar-refractivity contribution is 5.60. The summed E-state index contributed by atoms with van der Waals surface area (Å²) in [7, 11) is 4.64. The van der Waals surface area contributed by atoms with E-state index in [0.29, 0.717) is 36.5 Å². The summed E-state index contributed by atoms with van der Waals surface area (Å²) >= 11 is 0. The molecule has 0 fully saturated rings. The SMILES string of the molecule is COc1cc2c(c(OC)c1OC)CCC(N=[N+]=[N-])CC2O. The molecule has 114 valence electrons. The van der Waals surface area contributed by atoms with Crippen LogP contribution in [0.2, 0.25) is 0 Å². The maximum Gasteiger partial charge on any atom is 0.203 e. The number of ether oxygens (including phenoxy) is 3. The number of aliphatic hydroxyl groups is 1. The second-order valence-electron chi connectivity index (χ2n) is 4.86. The van der Waals surface area contributed by atoms with Gasteiger partial charge >= 0.3 is 0 Å². The van der Waals surface area contributed by atoms with Gasteiger partial charge in [0, 0.05) is 16.5 Å². The molecule has 2 rings (SSSR count). The molecule has 21 heavy (non-hydrogen) atoms. The number of aliphatic hydroxyl groups excluding tert-OH is 1. The van der Waals surface area contributed by atoms with Crippen LogP contribution >= 0.6 is 0 Å². The van der Waals surface area contributed by atoms with Crippen molar-refractivity contribution in [2.75, 3.05) is 21.3 Å². The Balaban J connectivity index is 2.55. The fourth-order valence-corrected chi connectivity index (χ4v) is 2.78. The molecule has 2 atom stereocenters. The minimum atomic E-state index is -0.730. The van der Waals surface area contributed by atoms with E-state index in [4.69, 9.17) is 19.7 Å².